The number of hydrogen-bond donors (Lipinski definition) is 2. The van der Waals surface area contributed by atoms with Gasteiger partial charge in [0, 0.05) is 20.1 Å². The van der Waals surface area contributed by atoms with Crippen LogP contribution >= 0.6 is 0 Å². The van der Waals surface area contributed by atoms with Gasteiger partial charge in [-0.25, -0.2) is 0 Å². The zero-order valence-corrected chi connectivity index (χ0v) is 14.2. The van der Waals surface area contributed by atoms with Gasteiger partial charge in [0.05, 0.1) is 6.10 Å². The van der Waals surface area contributed by atoms with Gasteiger partial charge >= 0.3 is 0 Å². The molecule has 6 heteroatoms. The smallest absolute Gasteiger partial charge is 0.279 e. The van der Waals surface area contributed by atoms with Crippen molar-refractivity contribution in [3.05, 3.63) is 35.4 Å². The van der Waals surface area contributed by atoms with Crippen molar-refractivity contribution in [1.82, 2.24) is 9.03 Å². The first-order chi connectivity index (χ1) is 9.58. The molecule has 2 N–H and O–H groups in total. The lowest BCUT2D eigenvalue weighted by atomic mass is 9.86. The van der Waals surface area contributed by atoms with E-state index in [0.29, 0.717) is 12.1 Å². The summed E-state index contributed by atoms with van der Waals surface area (Å²) in [5.41, 5.74) is 1.92. The van der Waals surface area contributed by atoms with Crippen molar-refractivity contribution in [1.29, 1.82) is 0 Å². The third-order valence-corrected chi connectivity index (χ3v) is 5.09. The molecule has 0 heterocycles. The lowest BCUT2D eigenvalue weighted by Gasteiger charge is -2.21. The molecule has 1 aromatic carbocycles. The second-order valence-electron chi connectivity index (χ2n) is 6.16. The first-order valence-corrected chi connectivity index (χ1v) is 8.51. The minimum Gasteiger partial charge on any atom is -0.387 e. The molecular weight excluding hydrogens is 288 g/mol. The molecule has 1 rings (SSSR count). The Morgan fingerprint density at radius 2 is 1.76 bits per heavy atom. The van der Waals surface area contributed by atoms with E-state index in [2.05, 4.69) is 25.5 Å². The van der Waals surface area contributed by atoms with Crippen LogP contribution in [-0.4, -0.2) is 38.0 Å². The minimum absolute atomic E-state index is 0.0401. The van der Waals surface area contributed by atoms with Gasteiger partial charge in [0.25, 0.3) is 10.2 Å². The SMILES string of the molecule is CCN(C)S(=O)(=O)NC[C@@H](O)c1ccc(C(C)(C)C)cc1. The van der Waals surface area contributed by atoms with Crippen molar-refractivity contribution in [2.75, 3.05) is 20.1 Å². The average molecular weight is 314 g/mol. The summed E-state index contributed by atoms with van der Waals surface area (Å²) in [5, 5.41) is 10.1. The lowest BCUT2D eigenvalue weighted by molar-refractivity contribution is 0.181. The summed E-state index contributed by atoms with van der Waals surface area (Å²) in [5.74, 6) is 0. The van der Waals surface area contributed by atoms with E-state index in [9.17, 15) is 13.5 Å². The minimum atomic E-state index is -3.52. The van der Waals surface area contributed by atoms with Crippen LogP contribution in [0.3, 0.4) is 0 Å². The third kappa shape index (κ3) is 5.07. The summed E-state index contributed by atoms with van der Waals surface area (Å²) in [4.78, 5) is 0. The Kier molecular flexibility index (Phi) is 5.92. The molecule has 1 aromatic rings. The number of aliphatic hydroxyl groups excluding tert-OH is 1. The van der Waals surface area contributed by atoms with E-state index in [1.807, 2.05) is 24.3 Å². The highest BCUT2D eigenvalue weighted by molar-refractivity contribution is 7.87. The summed E-state index contributed by atoms with van der Waals surface area (Å²) in [7, 11) is -2.03. The van der Waals surface area contributed by atoms with Crippen molar-refractivity contribution in [2.24, 2.45) is 0 Å². The summed E-state index contributed by atoms with van der Waals surface area (Å²) >= 11 is 0. The molecule has 0 saturated heterocycles. The molecule has 120 valence electrons. The van der Waals surface area contributed by atoms with Gasteiger partial charge < -0.3 is 5.11 Å². The van der Waals surface area contributed by atoms with Crippen molar-refractivity contribution >= 4 is 10.2 Å². The Balaban J connectivity index is 2.71. The fraction of sp³-hybridized carbons (Fsp3) is 0.600. The largest absolute Gasteiger partial charge is 0.387 e. The van der Waals surface area contributed by atoms with Crippen molar-refractivity contribution in [2.45, 2.75) is 39.2 Å². The van der Waals surface area contributed by atoms with E-state index in [1.165, 1.54) is 16.9 Å². The molecule has 0 fully saturated rings. The quantitative estimate of drug-likeness (QED) is 0.841. The molecule has 21 heavy (non-hydrogen) atoms. The van der Waals surface area contributed by atoms with Crippen LogP contribution in [0.2, 0.25) is 0 Å². The Morgan fingerprint density at radius 1 is 1.24 bits per heavy atom. The highest BCUT2D eigenvalue weighted by Crippen LogP contribution is 2.23. The maximum atomic E-state index is 11.8. The summed E-state index contributed by atoms with van der Waals surface area (Å²) in [6.45, 7) is 8.45. The fourth-order valence-corrected chi connectivity index (χ4v) is 2.72. The van der Waals surface area contributed by atoms with E-state index in [0.717, 1.165) is 0 Å². The maximum Gasteiger partial charge on any atom is 0.279 e. The summed E-state index contributed by atoms with van der Waals surface area (Å²) in [6.07, 6.45) is -0.862. The topological polar surface area (TPSA) is 69.6 Å². The monoisotopic (exact) mass is 314 g/mol. The van der Waals surface area contributed by atoms with E-state index >= 15 is 0 Å². The zero-order chi connectivity index (χ0) is 16.3. The lowest BCUT2D eigenvalue weighted by Crippen LogP contribution is -2.39. The van der Waals surface area contributed by atoms with Gasteiger partial charge in [-0.1, -0.05) is 52.0 Å². The van der Waals surface area contributed by atoms with Crippen LogP contribution in [0.5, 0.6) is 0 Å². The number of rotatable bonds is 6. The predicted octanol–water partition coefficient (Wildman–Crippen LogP) is 1.80. The summed E-state index contributed by atoms with van der Waals surface area (Å²) in [6, 6.07) is 7.60. The second kappa shape index (κ2) is 6.87. The van der Waals surface area contributed by atoms with E-state index in [-0.39, 0.29) is 12.0 Å². The van der Waals surface area contributed by atoms with E-state index in [1.54, 1.807) is 6.92 Å². The van der Waals surface area contributed by atoms with Crippen molar-refractivity contribution in [3.63, 3.8) is 0 Å². The van der Waals surface area contributed by atoms with Crippen molar-refractivity contribution < 1.29 is 13.5 Å². The molecule has 1 atom stereocenters. The molecular formula is C15H26N2O3S. The number of aliphatic hydroxyl groups is 1. The average Bonchev–Trinajstić information content (AvgIpc) is 2.43. The van der Waals surface area contributed by atoms with Crippen LogP contribution in [0, 0.1) is 0 Å². The standard InChI is InChI=1S/C15H26N2O3S/c1-6-17(5)21(19,20)16-11-14(18)12-7-9-13(10-8-12)15(2,3)4/h7-10,14,16,18H,6,11H2,1-5H3/t14-/m1/s1. The molecule has 0 spiro atoms. The van der Waals surface area contributed by atoms with Gasteiger partial charge in [0.1, 0.15) is 0 Å². The number of nitrogens with zero attached hydrogens (tertiary/aromatic N) is 1. The molecule has 0 unspecified atom stereocenters. The Bertz CT molecular complexity index is 547. The number of nitrogens with one attached hydrogen (secondary N) is 1. The van der Waals surface area contributed by atoms with Gasteiger partial charge in [-0.3, -0.25) is 0 Å². The number of hydrogen-bond acceptors (Lipinski definition) is 3. The second-order valence-corrected chi connectivity index (χ2v) is 8.02. The molecule has 0 aliphatic heterocycles. The zero-order valence-electron chi connectivity index (χ0n) is 13.4. The number of benzene rings is 1. The first kappa shape index (κ1) is 18.1. The Labute approximate surface area is 128 Å². The van der Waals surface area contributed by atoms with Crippen LogP contribution in [0.25, 0.3) is 0 Å². The van der Waals surface area contributed by atoms with Gasteiger partial charge in [-0.05, 0) is 16.5 Å². The predicted molar refractivity (Wildman–Crippen MR) is 85.3 cm³/mol. The Morgan fingerprint density at radius 3 is 2.19 bits per heavy atom. The van der Waals surface area contributed by atoms with Crippen LogP contribution in [0.1, 0.15) is 44.9 Å². The molecule has 0 aromatic heterocycles. The molecule has 0 bridgehead atoms. The van der Waals surface area contributed by atoms with Gasteiger partial charge in [-0.2, -0.15) is 17.4 Å². The molecule has 0 radical (unpaired) electrons. The molecule has 5 nitrogen and oxygen atoms in total. The normalized spacial score (nSPS) is 14.4. The van der Waals surface area contributed by atoms with Crippen LogP contribution in [-0.2, 0) is 15.6 Å². The molecule has 0 saturated carbocycles. The van der Waals surface area contributed by atoms with Crippen LogP contribution < -0.4 is 4.72 Å². The van der Waals surface area contributed by atoms with Crippen molar-refractivity contribution in [3.8, 4) is 0 Å². The molecule has 0 aliphatic carbocycles. The summed E-state index contributed by atoms with van der Waals surface area (Å²) < 4.78 is 27.2. The highest BCUT2D eigenvalue weighted by Gasteiger charge is 2.18. The maximum absolute atomic E-state index is 11.8. The van der Waals surface area contributed by atoms with E-state index < -0.39 is 16.3 Å². The van der Waals surface area contributed by atoms with Gasteiger partial charge in [0.2, 0.25) is 0 Å². The van der Waals surface area contributed by atoms with Gasteiger partial charge in [-0.15, -0.1) is 0 Å². The fourth-order valence-electron chi connectivity index (χ4n) is 1.79. The van der Waals surface area contributed by atoms with Crippen LogP contribution in [0.4, 0.5) is 0 Å². The highest BCUT2D eigenvalue weighted by atomic mass is 32.2. The van der Waals surface area contributed by atoms with Crippen LogP contribution in [0.15, 0.2) is 24.3 Å². The third-order valence-electron chi connectivity index (χ3n) is 3.48. The van der Waals surface area contributed by atoms with E-state index in [4.69, 9.17) is 0 Å². The molecule has 0 aliphatic rings. The first-order valence-electron chi connectivity index (χ1n) is 7.07. The van der Waals surface area contributed by atoms with Gasteiger partial charge in [0.15, 0.2) is 0 Å². The Hall–Kier alpha value is -0.950. The molecule has 0 amide bonds.